The number of aryl methyl sites for hydroxylation is 2. The van der Waals surface area contributed by atoms with Crippen molar-refractivity contribution in [3.8, 4) is 17.2 Å². The minimum absolute atomic E-state index is 0.0855. The van der Waals surface area contributed by atoms with E-state index in [1.807, 2.05) is 39.8 Å². The highest BCUT2D eigenvalue weighted by Gasteiger charge is 2.23. The van der Waals surface area contributed by atoms with Crippen molar-refractivity contribution in [2.45, 2.75) is 85.9 Å². The number of allylic oxidation sites excluding steroid dienone is 4. The number of hydrogen-bond acceptors (Lipinski definition) is 10. The smallest absolute Gasteiger partial charge is 0.204 e. The minimum Gasteiger partial charge on any atom is -0.507 e. The van der Waals surface area contributed by atoms with E-state index in [-0.39, 0.29) is 28.8 Å². The number of hydrogen-bond donors (Lipinski definition) is 2. The number of aromatic nitrogens is 6. The number of phenolic OH excluding ortho intramolecular Hbond substituents is 1. The van der Waals surface area contributed by atoms with Gasteiger partial charge in [-0.05, 0) is 71.8 Å². The van der Waals surface area contributed by atoms with Crippen molar-refractivity contribution in [3.05, 3.63) is 87.7 Å². The lowest BCUT2D eigenvalue weighted by atomic mass is 9.95. The molecule has 0 atom stereocenters. The van der Waals surface area contributed by atoms with E-state index in [2.05, 4.69) is 20.2 Å². The van der Waals surface area contributed by atoms with Gasteiger partial charge in [0.1, 0.15) is 59.1 Å². The molecule has 0 saturated heterocycles. The van der Waals surface area contributed by atoms with Gasteiger partial charge >= 0.3 is 0 Å². The number of benzene rings is 2. The van der Waals surface area contributed by atoms with Crippen LogP contribution in [-0.4, -0.2) is 53.0 Å². The molecule has 0 spiro atoms. The molecular weight excluding hydrogens is 612 g/mol. The molecule has 0 fully saturated rings. The standard InChI is InChI=1S/C36H44N6O6/c1-24(2)9-11-26-28(19-43)30(47-16-8-6-14-42-23-38-21-40-42)18-31-33(26)36(45)34-32(48-31)17-29(27(35(34)44)12-10-25(3)4)46-15-7-5-13-41-22-37-20-39-41/h9-10,17-18,20-23,43-44H,5-8,11-16,19H2,1-4H3. The Labute approximate surface area is 279 Å². The van der Waals surface area contributed by atoms with Crippen LogP contribution >= 0.6 is 0 Å². The van der Waals surface area contributed by atoms with Gasteiger partial charge in [0, 0.05) is 36.3 Å². The summed E-state index contributed by atoms with van der Waals surface area (Å²) in [4.78, 5) is 22.3. The van der Waals surface area contributed by atoms with Crippen molar-refractivity contribution in [2.75, 3.05) is 13.2 Å². The van der Waals surface area contributed by atoms with Gasteiger partial charge in [0.15, 0.2) is 0 Å². The van der Waals surface area contributed by atoms with E-state index in [0.717, 1.165) is 43.4 Å². The van der Waals surface area contributed by atoms with Crippen LogP contribution in [0.25, 0.3) is 21.9 Å². The summed E-state index contributed by atoms with van der Waals surface area (Å²) < 4.78 is 22.3. The lowest BCUT2D eigenvalue weighted by Gasteiger charge is -2.18. The quantitative estimate of drug-likeness (QED) is 0.0686. The van der Waals surface area contributed by atoms with Gasteiger partial charge in [-0.3, -0.25) is 14.2 Å². The number of ether oxygens (including phenoxy) is 2. The number of phenols is 1. The third kappa shape index (κ3) is 8.29. The van der Waals surface area contributed by atoms with Crippen LogP contribution in [-0.2, 0) is 32.5 Å². The monoisotopic (exact) mass is 656 g/mol. The number of unbranched alkanes of at least 4 members (excludes halogenated alkanes) is 2. The minimum atomic E-state index is -0.368. The number of fused-ring (bicyclic) bond motifs is 2. The zero-order valence-electron chi connectivity index (χ0n) is 28.1. The molecule has 5 rings (SSSR count). The SMILES string of the molecule is CC(C)=CCc1c(OCCCCn2cncn2)cc2oc3cc(OCCCCn4cncn4)c(CO)c(CC=C(C)C)c3c(=O)c2c1O. The molecule has 12 nitrogen and oxygen atoms in total. The third-order valence-corrected chi connectivity index (χ3v) is 8.07. The Hall–Kier alpha value is -4.97. The summed E-state index contributed by atoms with van der Waals surface area (Å²) in [5, 5.41) is 30.9. The molecule has 3 heterocycles. The van der Waals surface area contributed by atoms with E-state index in [0.29, 0.717) is 71.8 Å². The number of nitrogens with zero attached hydrogens (tertiary/aromatic N) is 6. The largest absolute Gasteiger partial charge is 0.507 e. The Morgan fingerprint density at radius 3 is 1.79 bits per heavy atom. The molecule has 254 valence electrons. The summed E-state index contributed by atoms with van der Waals surface area (Å²) in [5.74, 6) is 0.754. The number of aliphatic hydroxyl groups is 1. The van der Waals surface area contributed by atoms with Crippen LogP contribution in [0.4, 0.5) is 0 Å². The molecule has 48 heavy (non-hydrogen) atoms. The molecule has 0 unspecified atom stereocenters. The van der Waals surface area contributed by atoms with Crippen LogP contribution < -0.4 is 14.9 Å². The molecule has 0 bridgehead atoms. The lowest BCUT2D eigenvalue weighted by Crippen LogP contribution is -2.11. The Morgan fingerprint density at radius 2 is 1.29 bits per heavy atom. The van der Waals surface area contributed by atoms with Gasteiger partial charge in [-0.25, -0.2) is 9.97 Å². The highest BCUT2D eigenvalue weighted by molar-refractivity contribution is 5.97. The van der Waals surface area contributed by atoms with E-state index in [9.17, 15) is 15.0 Å². The Bertz CT molecular complexity index is 1940. The predicted molar refractivity (Wildman–Crippen MR) is 183 cm³/mol. The summed E-state index contributed by atoms with van der Waals surface area (Å²) in [5.41, 5.74) is 3.95. The average Bonchev–Trinajstić information content (AvgIpc) is 3.77. The van der Waals surface area contributed by atoms with Gasteiger partial charge in [0.05, 0.1) is 25.2 Å². The van der Waals surface area contributed by atoms with Crippen molar-refractivity contribution >= 4 is 21.9 Å². The van der Waals surface area contributed by atoms with Crippen molar-refractivity contribution in [2.24, 2.45) is 0 Å². The number of rotatable bonds is 17. The highest BCUT2D eigenvalue weighted by atomic mass is 16.5. The first-order valence-electron chi connectivity index (χ1n) is 16.3. The molecule has 3 aromatic heterocycles. The summed E-state index contributed by atoms with van der Waals surface area (Å²) in [6.45, 7) is 9.82. The Morgan fingerprint density at radius 1 is 0.771 bits per heavy atom. The Kier molecular flexibility index (Phi) is 11.6. The van der Waals surface area contributed by atoms with Gasteiger partial charge in [-0.1, -0.05) is 23.3 Å². The molecule has 0 aliphatic heterocycles. The molecular formula is C36H44N6O6. The molecule has 0 aliphatic rings. The maximum atomic E-state index is 14.3. The van der Waals surface area contributed by atoms with Crippen LogP contribution in [0.1, 0.15) is 70.1 Å². The van der Waals surface area contributed by atoms with Crippen molar-refractivity contribution < 1.29 is 24.1 Å². The molecule has 0 amide bonds. The lowest BCUT2D eigenvalue weighted by molar-refractivity contribution is 0.258. The normalized spacial score (nSPS) is 11.3. The van der Waals surface area contributed by atoms with Gasteiger partial charge in [0.25, 0.3) is 0 Å². The van der Waals surface area contributed by atoms with Crippen LogP contribution in [0.5, 0.6) is 17.2 Å². The summed E-state index contributed by atoms with van der Waals surface area (Å²) in [6.07, 6.45) is 14.3. The van der Waals surface area contributed by atoms with E-state index in [1.165, 1.54) is 12.7 Å². The third-order valence-electron chi connectivity index (χ3n) is 8.07. The molecule has 5 aromatic rings. The second-order valence-electron chi connectivity index (χ2n) is 12.3. The molecule has 0 saturated carbocycles. The van der Waals surface area contributed by atoms with Gasteiger partial charge in [0.2, 0.25) is 5.43 Å². The highest BCUT2D eigenvalue weighted by Crippen LogP contribution is 2.39. The fourth-order valence-corrected chi connectivity index (χ4v) is 5.54. The van der Waals surface area contributed by atoms with Crippen LogP contribution in [0, 0.1) is 0 Å². The Balaban J connectivity index is 1.52. The van der Waals surface area contributed by atoms with E-state index >= 15 is 0 Å². The first-order valence-corrected chi connectivity index (χ1v) is 16.3. The van der Waals surface area contributed by atoms with Gasteiger partial charge in [-0.2, -0.15) is 10.2 Å². The first-order chi connectivity index (χ1) is 23.3. The fraction of sp³-hybridized carbons (Fsp3) is 0.417. The van der Waals surface area contributed by atoms with Crippen molar-refractivity contribution in [1.29, 1.82) is 0 Å². The molecule has 0 aliphatic carbocycles. The van der Waals surface area contributed by atoms with Gasteiger partial charge in [-0.15, -0.1) is 0 Å². The molecule has 2 aromatic carbocycles. The van der Waals surface area contributed by atoms with Gasteiger partial charge < -0.3 is 24.1 Å². The summed E-state index contributed by atoms with van der Waals surface area (Å²) in [7, 11) is 0. The average molecular weight is 657 g/mol. The van der Waals surface area contributed by atoms with Crippen LogP contribution in [0.3, 0.4) is 0 Å². The summed E-state index contributed by atoms with van der Waals surface area (Å²) in [6, 6.07) is 3.37. The number of aromatic hydroxyl groups is 1. The van der Waals surface area contributed by atoms with E-state index < -0.39 is 0 Å². The van der Waals surface area contributed by atoms with E-state index in [4.69, 9.17) is 13.9 Å². The zero-order valence-corrected chi connectivity index (χ0v) is 28.1. The number of aliphatic hydroxyl groups excluding tert-OH is 1. The zero-order chi connectivity index (χ0) is 34.0. The van der Waals surface area contributed by atoms with Crippen molar-refractivity contribution in [3.63, 3.8) is 0 Å². The maximum absolute atomic E-state index is 14.3. The fourth-order valence-electron chi connectivity index (χ4n) is 5.54. The second kappa shape index (κ2) is 16.2. The molecule has 2 N–H and O–H groups in total. The van der Waals surface area contributed by atoms with Crippen LogP contribution in [0.2, 0.25) is 0 Å². The predicted octanol–water partition coefficient (Wildman–Crippen LogP) is 6.06. The van der Waals surface area contributed by atoms with E-state index in [1.54, 1.807) is 34.2 Å². The second-order valence-corrected chi connectivity index (χ2v) is 12.3. The topological polar surface area (TPSA) is 151 Å². The first kappa shape index (κ1) is 34.4. The van der Waals surface area contributed by atoms with Crippen LogP contribution in [0.15, 0.2) is 70.0 Å². The summed E-state index contributed by atoms with van der Waals surface area (Å²) >= 11 is 0. The van der Waals surface area contributed by atoms with Crippen molar-refractivity contribution in [1.82, 2.24) is 29.5 Å². The maximum Gasteiger partial charge on any atom is 0.204 e. The molecule has 12 heteroatoms. The molecule has 0 radical (unpaired) electrons.